The van der Waals surface area contributed by atoms with Crippen LogP contribution in [-0.4, -0.2) is 65.3 Å². The van der Waals surface area contributed by atoms with Gasteiger partial charge in [0.05, 0.1) is 6.04 Å². The largest absolute Gasteiger partial charge is 0.353 e. The normalized spacial score (nSPS) is 25.4. The number of nitrogens with one attached hydrogen (secondary N) is 1. The summed E-state index contributed by atoms with van der Waals surface area (Å²) in [6.07, 6.45) is 4.88. The van der Waals surface area contributed by atoms with Crippen molar-refractivity contribution in [2.75, 3.05) is 19.6 Å². The highest BCUT2D eigenvalue weighted by Crippen LogP contribution is 2.38. The molecule has 0 aromatic carbocycles. The molecule has 2 saturated carbocycles. The topological polar surface area (TPSA) is 95.7 Å². The number of rotatable bonds is 7. The van der Waals surface area contributed by atoms with Crippen LogP contribution in [-0.2, 0) is 14.4 Å². The van der Waals surface area contributed by atoms with Crippen LogP contribution in [0.2, 0.25) is 0 Å². The molecular weight excluding hydrogens is 344 g/mol. The fourth-order valence-corrected chi connectivity index (χ4v) is 3.99. The van der Waals surface area contributed by atoms with Gasteiger partial charge in [-0.2, -0.15) is 0 Å². The third kappa shape index (κ3) is 5.00. The van der Waals surface area contributed by atoms with Gasteiger partial charge in [-0.25, -0.2) is 0 Å². The van der Waals surface area contributed by atoms with Crippen LogP contribution in [0, 0.1) is 11.3 Å². The van der Waals surface area contributed by atoms with Crippen molar-refractivity contribution in [2.45, 2.75) is 77.4 Å². The monoisotopic (exact) mass is 378 g/mol. The van der Waals surface area contributed by atoms with E-state index >= 15 is 0 Å². The molecule has 3 amide bonds. The van der Waals surface area contributed by atoms with E-state index in [4.69, 9.17) is 5.73 Å². The average Bonchev–Trinajstić information content (AvgIpc) is 3.48. The number of nitrogens with two attached hydrogens (primary N) is 1. The Balaban J connectivity index is 1.75. The molecule has 2 atom stereocenters. The van der Waals surface area contributed by atoms with E-state index in [-0.39, 0.29) is 41.1 Å². The molecular formula is C20H34N4O3. The minimum absolute atomic E-state index is 0.0632. The Kier molecular flexibility index (Phi) is 5.79. The van der Waals surface area contributed by atoms with Gasteiger partial charge in [0.2, 0.25) is 17.7 Å². The minimum atomic E-state index is -0.488. The molecule has 0 spiro atoms. The van der Waals surface area contributed by atoms with Crippen molar-refractivity contribution < 1.29 is 14.4 Å². The molecule has 0 bridgehead atoms. The quantitative estimate of drug-likeness (QED) is 0.687. The summed E-state index contributed by atoms with van der Waals surface area (Å²) in [7, 11) is 0. The third-order valence-electron chi connectivity index (χ3n) is 5.54. The van der Waals surface area contributed by atoms with E-state index in [1.54, 1.807) is 4.90 Å². The number of likely N-dealkylation sites (tertiary alicyclic amines) is 1. The van der Waals surface area contributed by atoms with E-state index in [9.17, 15) is 14.4 Å². The van der Waals surface area contributed by atoms with Gasteiger partial charge in [0, 0.05) is 38.0 Å². The zero-order valence-electron chi connectivity index (χ0n) is 16.9. The Bertz CT molecular complexity index is 593. The van der Waals surface area contributed by atoms with Crippen molar-refractivity contribution in [3.63, 3.8) is 0 Å². The molecule has 2 unspecified atom stereocenters. The first kappa shape index (κ1) is 20.1. The smallest absolute Gasteiger partial charge is 0.242 e. The van der Waals surface area contributed by atoms with E-state index in [1.165, 1.54) is 0 Å². The van der Waals surface area contributed by atoms with Gasteiger partial charge in [-0.05, 0) is 37.5 Å². The SMILES string of the molecule is CC(C)(C)CC(=O)N(C1CC1)C1CC(C(=O)NCCN)N(C(=O)C2CC2)C1. The van der Waals surface area contributed by atoms with Gasteiger partial charge in [-0.1, -0.05) is 20.8 Å². The summed E-state index contributed by atoms with van der Waals surface area (Å²) in [4.78, 5) is 42.1. The van der Waals surface area contributed by atoms with Crippen LogP contribution in [0.15, 0.2) is 0 Å². The summed E-state index contributed by atoms with van der Waals surface area (Å²) in [5, 5.41) is 2.83. The van der Waals surface area contributed by atoms with Gasteiger partial charge in [0.25, 0.3) is 0 Å². The van der Waals surface area contributed by atoms with E-state index in [0.717, 1.165) is 25.7 Å². The van der Waals surface area contributed by atoms with Gasteiger partial charge in [-0.15, -0.1) is 0 Å². The molecule has 0 aromatic heterocycles. The van der Waals surface area contributed by atoms with Crippen LogP contribution in [0.4, 0.5) is 0 Å². The molecule has 7 heteroatoms. The van der Waals surface area contributed by atoms with E-state index in [1.807, 2.05) is 4.90 Å². The van der Waals surface area contributed by atoms with Crippen LogP contribution in [0.5, 0.6) is 0 Å². The maximum absolute atomic E-state index is 13.0. The van der Waals surface area contributed by atoms with Gasteiger partial charge >= 0.3 is 0 Å². The maximum Gasteiger partial charge on any atom is 0.242 e. The van der Waals surface area contributed by atoms with Crippen LogP contribution >= 0.6 is 0 Å². The molecule has 27 heavy (non-hydrogen) atoms. The van der Waals surface area contributed by atoms with Crippen molar-refractivity contribution in [1.29, 1.82) is 0 Å². The first-order valence-electron chi connectivity index (χ1n) is 10.3. The summed E-state index contributed by atoms with van der Waals surface area (Å²) < 4.78 is 0. The molecule has 3 aliphatic rings. The van der Waals surface area contributed by atoms with Crippen molar-refractivity contribution in [2.24, 2.45) is 17.1 Å². The van der Waals surface area contributed by atoms with Crippen LogP contribution in [0.3, 0.4) is 0 Å². The van der Waals surface area contributed by atoms with E-state index in [0.29, 0.717) is 32.5 Å². The van der Waals surface area contributed by atoms with E-state index in [2.05, 4.69) is 26.1 Å². The number of nitrogens with zero attached hydrogens (tertiary/aromatic N) is 2. The van der Waals surface area contributed by atoms with Crippen molar-refractivity contribution in [3.05, 3.63) is 0 Å². The maximum atomic E-state index is 13.0. The Morgan fingerprint density at radius 3 is 2.30 bits per heavy atom. The lowest BCUT2D eigenvalue weighted by Crippen LogP contribution is -2.47. The van der Waals surface area contributed by atoms with Gasteiger partial charge in [-0.3, -0.25) is 14.4 Å². The fraction of sp³-hybridized carbons (Fsp3) is 0.850. The Labute approximate surface area is 162 Å². The number of amides is 3. The van der Waals surface area contributed by atoms with Crippen LogP contribution in [0.25, 0.3) is 0 Å². The summed E-state index contributed by atoms with van der Waals surface area (Å²) in [5.74, 6) is 0.144. The van der Waals surface area contributed by atoms with Crippen molar-refractivity contribution in [3.8, 4) is 0 Å². The van der Waals surface area contributed by atoms with Crippen LogP contribution in [0.1, 0.15) is 59.3 Å². The molecule has 0 radical (unpaired) electrons. The third-order valence-corrected chi connectivity index (χ3v) is 5.54. The van der Waals surface area contributed by atoms with Crippen molar-refractivity contribution >= 4 is 17.7 Å². The predicted molar refractivity (Wildman–Crippen MR) is 103 cm³/mol. The second-order valence-corrected chi connectivity index (χ2v) is 9.52. The molecule has 152 valence electrons. The number of carbonyl (C=O) groups excluding carboxylic acids is 3. The zero-order chi connectivity index (χ0) is 19.8. The Hall–Kier alpha value is -1.63. The molecule has 7 nitrogen and oxygen atoms in total. The second kappa shape index (κ2) is 7.78. The van der Waals surface area contributed by atoms with E-state index < -0.39 is 6.04 Å². The standard InChI is InChI=1S/C20H34N4O3/c1-20(2,3)11-17(25)24(14-6-7-14)15-10-16(18(26)22-9-8-21)23(12-15)19(27)13-4-5-13/h13-16H,4-12,21H2,1-3H3,(H,22,26). The lowest BCUT2D eigenvalue weighted by atomic mass is 9.91. The van der Waals surface area contributed by atoms with Crippen LogP contribution < -0.4 is 11.1 Å². The highest BCUT2D eigenvalue weighted by Gasteiger charge is 2.49. The summed E-state index contributed by atoms with van der Waals surface area (Å²) in [6.45, 7) is 7.45. The molecule has 3 rings (SSSR count). The molecule has 2 aliphatic carbocycles. The number of carbonyl (C=O) groups is 3. The summed E-state index contributed by atoms with van der Waals surface area (Å²) >= 11 is 0. The molecule has 0 aromatic rings. The van der Waals surface area contributed by atoms with Gasteiger partial charge in [0.1, 0.15) is 6.04 Å². The van der Waals surface area contributed by atoms with Gasteiger partial charge < -0.3 is 20.9 Å². The minimum Gasteiger partial charge on any atom is -0.353 e. The Morgan fingerprint density at radius 1 is 1.11 bits per heavy atom. The highest BCUT2D eigenvalue weighted by molar-refractivity contribution is 5.90. The molecule has 1 heterocycles. The predicted octanol–water partition coefficient (Wildman–Crippen LogP) is 0.868. The van der Waals surface area contributed by atoms with Gasteiger partial charge in [0.15, 0.2) is 0 Å². The first-order chi connectivity index (χ1) is 12.7. The summed E-state index contributed by atoms with van der Waals surface area (Å²) in [6, 6.07) is -0.282. The molecule has 1 aliphatic heterocycles. The van der Waals surface area contributed by atoms with Crippen molar-refractivity contribution in [1.82, 2.24) is 15.1 Å². The number of hydrogen-bond acceptors (Lipinski definition) is 4. The first-order valence-corrected chi connectivity index (χ1v) is 10.3. The second-order valence-electron chi connectivity index (χ2n) is 9.52. The number of hydrogen-bond donors (Lipinski definition) is 2. The zero-order valence-corrected chi connectivity index (χ0v) is 16.9. The lowest BCUT2D eigenvalue weighted by molar-refractivity contribution is -0.140. The Morgan fingerprint density at radius 2 is 1.78 bits per heavy atom. The molecule has 1 saturated heterocycles. The summed E-state index contributed by atoms with van der Waals surface area (Å²) in [5.41, 5.74) is 5.42. The molecule has 3 fully saturated rings. The fourth-order valence-electron chi connectivity index (χ4n) is 3.99. The lowest BCUT2D eigenvalue weighted by Gasteiger charge is -2.31. The average molecular weight is 379 g/mol. The highest BCUT2D eigenvalue weighted by atomic mass is 16.2. The molecule has 3 N–H and O–H groups in total.